The predicted octanol–water partition coefficient (Wildman–Crippen LogP) is 4.31. The zero-order chi connectivity index (χ0) is 24.4. The van der Waals surface area contributed by atoms with E-state index < -0.39 is 5.97 Å². The summed E-state index contributed by atoms with van der Waals surface area (Å²) in [6.07, 6.45) is 3.50. The van der Waals surface area contributed by atoms with Gasteiger partial charge in [0.1, 0.15) is 6.61 Å². The molecule has 3 N–H and O–H groups in total. The average molecular weight is 477 g/mol. The van der Waals surface area contributed by atoms with Crippen molar-refractivity contribution in [1.29, 1.82) is 0 Å². The van der Waals surface area contributed by atoms with E-state index in [0.717, 1.165) is 19.3 Å². The molecule has 0 heterocycles. The third kappa shape index (κ3) is 4.90. The van der Waals surface area contributed by atoms with Crippen LogP contribution in [0, 0.1) is 17.8 Å². The Labute approximate surface area is 205 Å². The van der Waals surface area contributed by atoms with E-state index in [9.17, 15) is 14.4 Å². The Morgan fingerprint density at radius 3 is 2.29 bits per heavy atom. The highest BCUT2D eigenvalue weighted by Crippen LogP contribution is 2.50. The summed E-state index contributed by atoms with van der Waals surface area (Å²) >= 11 is 0. The van der Waals surface area contributed by atoms with Crippen molar-refractivity contribution in [3.63, 3.8) is 0 Å². The molecule has 4 atom stereocenters. The van der Waals surface area contributed by atoms with Crippen LogP contribution >= 0.6 is 0 Å². The fourth-order valence-corrected chi connectivity index (χ4v) is 6.16. The standard InChI is InChI=1S/C28H32N2O5/c31-26(32)11-5-6-12-29-27(33)18-13-17-15-25(23(17)14-18)30-28(34)35-16-24-21-9-3-1-7-19(21)20-8-2-4-10-22(20)24/h1-4,7-10,17-18,23-25H,5-6,11-16H2,(H,29,33)(H,30,34)(H,31,32)/t17-,18?,23-,25+/m0/s1. The number of carboxylic acids is 1. The number of amides is 2. The lowest BCUT2D eigenvalue weighted by Gasteiger charge is -2.40. The largest absolute Gasteiger partial charge is 0.481 e. The monoisotopic (exact) mass is 476 g/mol. The lowest BCUT2D eigenvalue weighted by atomic mass is 9.71. The van der Waals surface area contributed by atoms with Crippen molar-refractivity contribution < 1.29 is 24.2 Å². The molecule has 2 saturated carbocycles. The fraction of sp³-hybridized carbons (Fsp3) is 0.464. The molecule has 7 heteroatoms. The molecule has 3 aliphatic rings. The van der Waals surface area contributed by atoms with Crippen molar-refractivity contribution in [2.75, 3.05) is 13.2 Å². The van der Waals surface area contributed by atoms with Crippen LogP contribution in [0.15, 0.2) is 48.5 Å². The molecule has 0 saturated heterocycles. The maximum absolute atomic E-state index is 12.6. The van der Waals surface area contributed by atoms with Gasteiger partial charge in [-0.05, 0) is 66.2 Å². The first-order chi connectivity index (χ1) is 17.0. The van der Waals surface area contributed by atoms with Crippen molar-refractivity contribution in [1.82, 2.24) is 10.6 Å². The van der Waals surface area contributed by atoms with E-state index in [2.05, 4.69) is 34.9 Å². The van der Waals surface area contributed by atoms with E-state index in [1.807, 2.05) is 24.3 Å². The van der Waals surface area contributed by atoms with Crippen LogP contribution in [0.5, 0.6) is 0 Å². The summed E-state index contributed by atoms with van der Waals surface area (Å²) in [4.78, 5) is 35.7. The molecular formula is C28H32N2O5. The second kappa shape index (κ2) is 10.1. The molecule has 1 unspecified atom stereocenters. The van der Waals surface area contributed by atoms with Gasteiger partial charge in [0.25, 0.3) is 0 Å². The SMILES string of the molecule is O=C(O)CCCCNC(=O)C1C[C@H]2C[C@@H](NC(=O)OCC3c4ccccc4-c4ccccc43)[C@H]2C1. The Kier molecular flexibility index (Phi) is 6.75. The zero-order valence-corrected chi connectivity index (χ0v) is 19.7. The number of fused-ring (bicyclic) bond motifs is 4. The van der Waals surface area contributed by atoms with Crippen LogP contribution in [0.25, 0.3) is 11.1 Å². The Bertz CT molecular complexity index is 1070. The van der Waals surface area contributed by atoms with Gasteiger partial charge < -0.3 is 20.5 Å². The molecule has 7 nitrogen and oxygen atoms in total. The van der Waals surface area contributed by atoms with Gasteiger partial charge in [0.2, 0.25) is 5.91 Å². The highest BCUT2D eigenvalue weighted by molar-refractivity contribution is 5.80. The quantitative estimate of drug-likeness (QED) is 0.468. The summed E-state index contributed by atoms with van der Waals surface area (Å²) in [6, 6.07) is 16.6. The molecule has 0 aromatic heterocycles. The fourth-order valence-electron chi connectivity index (χ4n) is 6.16. The van der Waals surface area contributed by atoms with Crippen molar-refractivity contribution in [3.8, 4) is 11.1 Å². The summed E-state index contributed by atoms with van der Waals surface area (Å²) < 4.78 is 5.69. The van der Waals surface area contributed by atoms with Gasteiger partial charge in [0.15, 0.2) is 0 Å². The molecule has 2 aromatic carbocycles. The third-order valence-corrected chi connectivity index (χ3v) is 7.96. The van der Waals surface area contributed by atoms with Gasteiger partial charge in [-0.3, -0.25) is 9.59 Å². The van der Waals surface area contributed by atoms with Gasteiger partial charge in [-0.15, -0.1) is 0 Å². The molecule has 2 fully saturated rings. The Morgan fingerprint density at radius 2 is 1.60 bits per heavy atom. The number of aliphatic carboxylic acids is 1. The number of carbonyl (C=O) groups is 3. The summed E-state index contributed by atoms with van der Waals surface area (Å²) in [5.41, 5.74) is 4.79. The molecule has 184 valence electrons. The van der Waals surface area contributed by atoms with Crippen molar-refractivity contribution in [2.24, 2.45) is 17.8 Å². The van der Waals surface area contributed by atoms with E-state index in [0.29, 0.717) is 37.8 Å². The van der Waals surface area contributed by atoms with Crippen LogP contribution in [-0.2, 0) is 14.3 Å². The van der Waals surface area contributed by atoms with Gasteiger partial charge in [0.05, 0.1) is 0 Å². The first kappa shape index (κ1) is 23.4. The highest BCUT2D eigenvalue weighted by Gasteiger charge is 2.50. The minimum Gasteiger partial charge on any atom is -0.481 e. The second-order valence-electron chi connectivity index (χ2n) is 10.0. The first-order valence-electron chi connectivity index (χ1n) is 12.6. The van der Waals surface area contributed by atoms with Crippen molar-refractivity contribution in [3.05, 3.63) is 59.7 Å². The lowest BCUT2D eigenvalue weighted by molar-refractivity contribution is -0.137. The molecule has 0 aliphatic heterocycles. The van der Waals surface area contributed by atoms with Crippen molar-refractivity contribution in [2.45, 2.75) is 50.5 Å². The summed E-state index contributed by atoms with van der Waals surface area (Å²) in [5.74, 6) is 0.0410. The summed E-state index contributed by atoms with van der Waals surface area (Å²) in [5, 5.41) is 14.7. The van der Waals surface area contributed by atoms with Gasteiger partial charge in [0, 0.05) is 30.8 Å². The smallest absolute Gasteiger partial charge is 0.407 e. The number of carbonyl (C=O) groups excluding carboxylic acids is 2. The number of rotatable bonds is 9. The second-order valence-corrected chi connectivity index (χ2v) is 10.0. The van der Waals surface area contributed by atoms with Crippen LogP contribution in [0.4, 0.5) is 4.79 Å². The van der Waals surface area contributed by atoms with E-state index in [-0.39, 0.29) is 36.3 Å². The number of nitrogens with one attached hydrogen (secondary N) is 2. The zero-order valence-electron chi connectivity index (χ0n) is 19.7. The van der Waals surface area contributed by atoms with Crippen LogP contribution < -0.4 is 10.6 Å². The number of ether oxygens (including phenoxy) is 1. The number of benzene rings is 2. The van der Waals surface area contributed by atoms with Crippen LogP contribution in [0.2, 0.25) is 0 Å². The van der Waals surface area contributed by atoms with E-state index in [1.54, 1.807) is 0 Å². The third-order valence-electron chi connectivity index (χ3n) is 7.96. The Morgan fingerprint density at radius 1 is 0.914 bits per heavy atom. The van der Waals surface area contributed by atoms with Gasteiger partial charge in [-0.1, -0.05) is 48.5 Å². The maximum Gasteiger partial charge on any atom is 0.407 e. The lowest BCUT2D eigenvalue weighted by Crippen LogP contribution is -2.50. The van der Waals surface area contributed by atoms with Crippen LogP contribution in [0.3, 0.4) is 0 Å². The molecule has 0 bridgehead atoms. The molecule has 0 radical (unpaired) electrons. The number of carboxylic acid groups (broad SMARTS) is 1. The van der Waals surface area contributed by atoms with Gasteiger partial charge in [-0.2, -0.15) is 0 Å². The summed E-state index contributed by atoms with van der Waals surface area (Å²) in [7, 11) is 0. The molecular weight excluding hydrogens is 444 g/mol. The van der Waals surface area contributed by atoms with E-state index in [4.69, 9.17) is 9.84 Å². The topological polar surface area (TPSA) is 105 Å². The molecule has 2 amide bonds. The molecule has 3 aliphatic carbocycles. The van der Waals surface area contributed by atoms with E-state index in [1.165, 1.54) is 22.3 Å². The normalized spacial score (nSPS) is 24.0. The number of unbranched alkanes of at least 4 members (excludes halogenated alkanes) is 1. The maximum atomic E-state index is 12.6. The summed E-state index contributed by atoms with van der Waals surface area (Å²) in [6.45, 7) is 0.812. The number of alkyl carbamates (subject to hydrolysis) is 1. The predicted molar refractivity (Wildman–Crippen MR) is 131 cm³/mol. The van der Waals surface area contributed by atoms with E-state index >= 15 is 0 Å². The average Bonchev–Trinajstić information content (AvgIpc) is 3.36. The van der Waals surface area contributed by atoms with Gasteiger partial charge >= 0.3 is 12.1 Å². The highest BCUT2D eigenvalue weighted by atomic mass is 16.5. The van der Waals surface area contributed by atoms with Crippen LogP contribution in [0.1, 0.15) is 55.6 Å². The van der Waals surface area contributed by atoms with Crippen LogP contribution in [-0.4, -0.2) is 42.3 Å². The number of hydrogen-bond donors (Lipinski definition) is 3. The first-order valence-corrected chi connectivity index (χ1v) is 12.6. The Balaban J connectivity index is 1.07. The van der Waals surface area contributed by atoms with Gasteiger partial charge in [-0.25, -0.2) is 4.79 Å². The molecule has 35 heavy (non-hydrogen) atoms. The minimum absolute atomic E-state index is 0.0289. The molecule has 5 rings (SSSR count). The minimum atomic E-state index is -0.807. The Hall–Kier alpha value is -3.35. The van der Waals surface area contributed by atoms with Crippen molar-refractivity contribution >= 4 is 18.0 Å². The number of hydrogen-bond acceptors (Lipinski definition) is 4. The molecule has 2 aromatic rings. The molecule has 0 spiro atoms.